The van der Waals surface area contributed by atoms with Crippen LogP contribution in [0, 0.1) is 5.82 Å². The number of hydrogen-bond donors (Lipinski definition) is 2. The van der Waals surface area contributed by atoms with Gasteiger partial charge in [0, 0.05) is 11.1 Å². The minimum atomic E-state index is -0.511. The molecule has 0 amide bonds. The summed E-state index contributed by atoms with van der Waals surface area (Å²) < 4.78 is 12.9. The van der Waals surface area contributed by atoms with Crippen LogP contribution < -0.4 is 5.32 Å². The Morgan fingerprint density at radius 1 is 1.50 bits per heavy atom. The van der Waals surface area contributed by atoms with Gasteiger partial charge in [-0.25, -0.2) is 4.39 Å². The number of nitrogens with one attached hydrogen (secondary N) is 1. The van der Waals surface area contributed by atoms with E-state index >= 15 is 0 Å². The molecule has 0 heterocycles. The fraction of sp³-hybridized carbons (Fsp3) is 0.417. The van der Waals surface area contributed by atoms with Gasteiger partial charge in [0.1, 0.15) is 5.82 Å². The first kappa shape index (κ1) is 12.8. The molecule has 0 aliphatic heterocycles. The molecule has 0 saturated heterocycles. The van der Waals surface area contributed by atoms with Crippen LogP contribution in [0.1, 0.15) is 24.2 Å². The number of carbonyl (C=O) groups excluding carboxylic acids is 1. The van der Waals surface area contributed by atoms with Gasteiger partial charge in [-0.15, -0.1) is 0 Å². The SMILES string of the molecule is CC(C)(CO)NCC(=O)c1cccc(F)c1. The number of Topliss-reactive ketones (excluding diaryl/α,β-unsaturated/α-hetero) is 1. The van der Waals surface area contributed by atoms with Crippen LogP contribution in [0.4, 0.5) is 4.39 Å². The van der Waals surface area contributed by atoms with Crippen molar-refractivity contribution in [3.8, 4) is 0 Å². The van der Waals surface area contributed by atoms with Gasteiger partial charge in [0.15, 0.2) is 5.78 Å². The number of benzene rings is 1. The van der Waals surface area contributed by atoms with Crippen molar-refractivity contribution in [1.82, 2.24) is 5.32 Å². The van der Waals surface area contributed by atoms with Crippen molar-refractivity contribution < 1.29 is 14.3 Å². The molecule has 88 valence electrons. The van der Waals surface area contributed by atoms with Gasteiger partial charge in [-0.05, 0) is 26.0 Å². The highest BCUT2D eigenvalue weighted by molar-refractivity contribution is 5.97. The van der Waals surface area contributed by atoms with Crippen LogP contribution in [0.15, 0.2) is 24.3 Å². The molecule has 0 atom stereocenters. The highest BCUT2D eigenvalue weighted by atomic mass is 19.1. The van der Waals surface area contributed by atoms with Gasteiger partial charge in [0.05, 0.1) is 13.2 Å². The van der Waals surface area contributed by atoms with E-state index in [2.05, 4.69) is 5.32 Å². The lowest BCUT2D eigenvalue weighted by atomic mass is 10.1. The van der Waals surface area contributed by atoms with Gasteiger partial charge in [-0.1, -0.05) is 12.1 Å². The van der Waals surface area contributed by atoms with Gasteiger partial charge < -0.3 is 10.4 Å². The zero-order chi connectivity index (χ0) is 12.2. The van der Waals surface area contributed by atoms with Gasteiger partial charge in [-0.3, -0.25) is 4.79 Å². The number of halogens is 1. The number of aliphatic hydroxyl groups excluding tert-OH is 1. The first-order valence-electron chi connectivity index (χ1n) is 5.09. The minimum Gasteiger partial charge on any atom is -0.394 e. The van der Waals surface area contributed by atoms with E-state index in [1.807, 2.05) is 0 Å². The molecule has 2 N–H and O–H groups in total. The third-order valence-corrected chi connectivity index (χ3v) is 2.27. The number of aliphatic hydroxyl groups is 1. The lowest BCUT2D eigenvalue weighted by Crippen LogP contribution is -2.45. The lowest BCUT2D eigenvalue weighted by molar-refractivity contribution is 0.0967. The maximum Gasteiger partial charge on any atom is 0.176 e. The van der Waals surface area contributed by atoms with E-state index in [0.717, 1.165) is 0 Å². The van der Waals surface area contributed by atoms with E-state index in [1.165, 1.54) is 18.2 Å². The molecule has 1 aromatic carbocycles. The summed E-state index contributed by atoms with van der Waals surface area (Å²) in [5.74, 6) is -0.617. The molecule has 4 heteroatoms. The zero-order valence-corrected chi connectivity index (χ0v) is 9.46. The third-order valence-electron chi connectivity index (χ3n) is 2.27. The number of hydrogen-bond acceptors (Lipinski definition) is 3. The van der Waals surface area contributed by atoms with Crippen LogP contribution in [0.25, 0.3) is 0 Å². The summed E-state index contributed by atoms with van der Waals surface area (Å²) in [6.45, 7) is 3.58. The second-order valence-electron chi connectivity index (χ2n) is 4.33. The molecule has 0 saturated carbocycles. The summed E-state index contributed by atoms with van der Waals surface area (Å²) in [6.07, 6.45) is 0. The van der Waals surface area contributed by atoms with Crippen LogP contribution in [0.5, 0.6) is 0 Å². The highest BCUT2D eigenvalue weighted by Crippen LogP contribution is 2.05. The fourth-order valence-corrected chi connectivity index (χ4v) is 1.14. The van der Waals surface area contributed by atoms with Crippen LogP contribution in [0.3, 0.4) is 0 Å². The number of rotatable bonds is 5. The Labute approximate surface area is 94.3 Å². The van der Waals surface area contributed by atoms with E-state index in [0.29, 0.717) is 5.56 Å². The maximum atomic E-state index is 12.9. The largest absolute Gasteiger partial charge is 0.394 e. The Morgan fingerprint density at radius 3 is 2.75 bits per heavy atom. The predicted molar refractivity (Wildman–Crippen MR) is 59.9 cm³/mol. The molecular formula is C12H16FNO2. The number of ketones is 1. The van der Waals surface area contributed by atoms with Crippen LogP contribution in [-0.4, -0.2) is 29.6 Å². The van der Waals surface area contributed by atoms with Crippen molar-refractivity contribution >= 4 is 5.78 Å². The molecule has 16 heavy (non-hydrogen) atoms. The topological polar surface area (TPSA) is 49.3 Å². The Morgan fingerprint density at radius 2 is 2.19 bits per heavy atom. The molecule has 0 unspecified atom stereocenters. The Balaban J connectivity index is 2.60. The van der Waals surface area contributed by atoms with E-state index in [9.17, 15) is 9.18 Å². The lowest BCUT2D eigenvalue weighted by Gasteiger charge is -2.22. The summed E-state index contributed by atoms with van der Waals surface area (Å²) in [4.78, 5) is 11.6. The van der Waals surface area contributed by atoms with Gasteiger partial charge >= 0.3 is 0 Å². The van der Waals surface area contributed by atoms with Crippen molar-refractivity contribution in [2.75, 3.05) is 13.2 Å². The van der Waals surface area contributed by atoms with Crippen molar-refractivity contribution in [2.24, 2.45) is 0 Å². The molecule has 0 spiro atoms. The average molecular weight is 225 g/mol. The normalized spacial score (nSPS) is 11.5. The maximum absolute atomic E-state index is 12.9. The summed E-state index contributed by atoms with van der Waals surface area (Å²) in [5.41, 5.74) is -0.176. The second-order valence-corrected chi connectivity index (χ2v) is 4.33. The molecule has 3 nitrogen and oxygen atoms in total. The molecule has 0 radical (unpaired) electrons. The average Bonchev–Trinajstić information content (AvgIpc) is 2.26. The van der Waals surface area contributed by atoms with Crippen molar-refractivity contribution in [1.29, 1.82) is 0 Å². The Kier molecular flexibility index (Phi) is 4.15. The first-order valence-corrected chi connectivity index (χ1v) is 5.09. The van der Waals surface area contributed by atoms with Gasteiger partial charge in [0.25, 0.3) is 0 Å². The van der Waals surface area contributed by atoms with Gasteiger partial charge in [-0.2, -0.15) is 0 Å². The molecule has 0 aliphatic rings. The molecular weight excluding hydrogens is 209 g/mol. The quantitative estimate of drug-likeness (QED) is 0.744. The monoisotopic (exact) mass is 225 g/mol. The summed E-state index contributed by atoms with van der Waals surface area (Å²) in [6, 6.07) is 5.57. The van der Waals surface area contributed by atoms with E-state index < -0.39 is 11.4 Å². The zero-order valence-electron chi connectivity index (χ0n) is 9.46. The fourth-order valence-electron chi connectivity index (χ4n) is 1.14. The third kappa shape index (κ3) is 3.72. The van der Waals surface area contributed by atoms with E-state index in [1.54, 1.807) is 19.9 Å². The van der Waals surface area contributed by atoms with E-state index in [-0.39, 0.29) is 18.9 Å². The van der Waals surface area contributed by atoms with Crippen LogP contribution in [0.2, 0.25) is 0 Å². The Bertz CT molecular complexity index is 377. The molecule has 0 fully saturated rings. The van der Waals surface area contributed by atoms with Crippen molar-refractivity contribution in [3.05, 3.63) is 35.6 Å². The molecule has 1 rings (SSSR count). The summed E-state index contributed by atoms with van der Waals surface area (Å²) in [7, 11) is 0. The molecule has 0 bridgehead atoms. The van der Waals surface area contributed by atoms with Crippen molar-refractivity contribution in [3.63, 3.8) is 0 Å². The van der Waals surface area contributed by atoms with Crippen LogP contribution >= 0.6 is 0 Å². The standard InChI is InChI=1S/C12H16FNO2/c1-12(2,8-15)14-7-11(16)9-4-3-5-10(13)6-9/h3-6,14-15H,7-8H2,1-2H3. The minimum absolute atomic E-state index is 0.0660. The molecule has 0 aliphatic carbocycles. The highest BCUT2D eigenvalue weighted by Gasteiger charge is 2.17. The molecule has 0 aromatic heterocycles. The summed E-state index contributed by atoms with van der Waals surface area (Å²) in [5, 5.41) is 11.9. The second kappa shape index (κ2) is 5.18. The van der Waals surface area contributed by atoms with Crippen LogP contribution in [-0.2, 0) is 0 Å². The molecule has 1 aromatic rings. The Hall–Kier alpha value is -1.26. The summed E-state index contributed by atoms with van der Waals surface area (Å²) >= 11 is 0. The smallest absolute Gasteiger partial charge is 0.176 e. The first-order chi connectivity index (χ1) is 7.44. The number of carbonyl (C=O) groups is 1. The van der Waals surface area contributed by atoms with Gasteiger partial charge in [0.2, 0.25) is 0 Å². The predicted octanol–water partition coefficient (Wildman–Crippen LogP) is 1.37. The van der Waals surface area contributed by atoms with E-state index in [4.69, 9.17) is 5.11 Å². The van der Waals surface area contributed by atoms with Crippen molar-refractivity contribution in [2.45, 2.75) is 19.4 Å².